The molecule has 0 aliphatic heterocycles. The van der Waals surface area contributed by atoms with Gasteiger partial charge < -0.3 is 5.11 Å². The molecule has 0 spiro atoms. The maximum Gasteiger partial charge on any atom is 0.0585 e. The van der Waals surface area contributed by atoms with Crippen LogP contribution in [0.2, 0.25) is 0 Å². The molecule has 1 rings (SSSR count). The van der Waals surface area contributed by atoms with Crippen LogP contribution in [0, 0.1) is 5.41 Å². The van der Waals surface area contributed by atoms with Gasteiger partial charge in [0.05, 0.1) is 6.10 Å². The van der Waals surface area contributed by atoms with E-state index in [1.54, 1.807) is 5.57 Å². The van der Waals surface area contributed by atoms with Crippen molar-refractivity contribution in [3.8, 4) is 0 Å². The Labute approximate surface area is 131 Å². The summed E-state index contributed by atoms with van der Waals surface area (Å²) < 4.78 is 0. The summed E-state index contributed by atoms with van der Waals surface area (Å²) in [7, 11) is 0. The minimum Gasteiger partial charge on any atom is -0.393 e. The second-order valence-corrected chi connectivity index (χ2v) is 7.11. The molecule has 0 aromatic rings. The summed E-state index contributed by atoms with van der Waals surface area (Å²) in [5.41, 5.74) is 5.79. The summed E-state index contributed by atoms with van der Waals surface area (Å²) in [6, 6.07) is 0. The third kappa shape index (κ3) is 5.67. The van der Waals surface area contributed by atoms with Gasteiger partial charge in [0.15, 0.2) is 0 Å². The molecular formula is C20H32O. The molecule has 0 saturated carbocycles. The first-order valence-corrected chi connectivity index (χ1v) is 8.10. The molecule has 1 N–H and O–H groups in total. The smallest absolute Gasteiger partial charge is 0.0585 e. The molecule has 0 heterocycles. The minimum atomic E-state index is -0.160. The van der Waals surface area contributed by atoms with Gasteiger partial charge >= 0.3 is 0 Å². The molecule has 0 bridgehead atoms. The highest BCUT2D eigenvalue weighted by atomic mass is 16.3. The van der Waals surface area contributed by atoms with Gasteiger partial charge in [-0.3, -0.25) is 0 Å². The average molecular weight is 288 g/mol. The second kappa shape index (κ2) is 7.79. The lowest BCUT2D eigenvalue weighted by molar-refractivity contribution is 0.113. The van der Waals surface area contributed by atoms with Gasteiger partial charge in [0.2, 0.25) is 0 Å². The van der Waals surface area contributed by atoms with Gasteiger partial charge in [0.25, 0.3) is 0 Å². The molecule has 1 heteroatoms. The van der Waals surface area contributed by atoms with Crippen LogP contribution in [0.15, 0.2) is 46.6 Å². The lowest BCUT2D eigenvalue weighted by atomic mass is 9.70. The van der Waals surface area contributed by atoms with Gasteiger partial charge in [-0.15, -0.1) is 0 Å². The normalized spacial score (nSPS) is 24.0. The van der Waals surface area contributed by atoms with Crippen LogP contribution >= 0.6 is 0 Å². The van der Waals surface area contributed by atoms with Gasteiger partial charge in [0.1, 0.15) is 0 Å². The lowest BCUT2D eigenvalue weighted by Crippen LogP contribution is -2.29. The summed E-state index contributed by atoms with van der Waals surface area (Å²) >= 11 is 0. The number of hydrogen-bond donors (Lipinski definition) is 1. The summed E-state index contributed by atoms with van der Waals surface area (Å²) in [6.45, 7) is 13.1. The minimum absolute atomic E-state index is 0.138. The van der Waals surface area contributed by atoms with Crippen molar-refractivity contribution in [1.29, 1.82) is 0 Å². The van der Waals surface area contributed by atoms with Crippen molar-refractivity contribution in [2.75, 3.05) is 0 Å². The summed E-state index contributed by atoms with van der Waals surface area (Å²) in [5, 5.41) is 9.94. The van der Waals surface area contributed by atoms with Crippen molar-refractivity contribution in [3.05, 3.63) is 46.6 Å². The number of aliphatic hydroxyl groups excluding tert-OH is 1. The van der Waals surface area contributed by atoms with Gasteiger partial charge in [-0.25, -0.2) is 0 Å². The molecule has 118 valence electrons. The zero-order valence-corrected chi connectivity index (χ0v) is 14.7. The Morgan fingerprint density at radius 1 is 1.33 bits per heavy atom. The highest BCUT2D eigenvalue weighted by Gasteiger charge is 2.32. The average Bonchev–Trinajstić information content (AvgIpc) is 2.36. The van der Waals surface area contributed by atoms with E-state index in [2.05, 4.69) is 65.8 Å². The van der Waals surface area contributed by atoms with Crippen LogP contribution in [0.3, 0.4) is 0 Å². The van der Waals surface area contributed by atoms with Gasteiger partial charge in [-0.1, -0.05) is 60.4 Å². The highest BCUT2D eigenvalue weighted by molar-refractivity contribution is 5.26. The SMILES string of the molecule is C\C=C(C)/C=C/C=C(\C)CCC1=C(C)C[C@@H](O)CC1(C)C. The Bertz CT molecular complexity index is 472. The third-order valence-electron chi connectivity index (χ3n) is 4.58. The van der Waals surface area contributed by atoms with E-state index in [4.69, 9.17) is 0 Å². The Kier molecular flexibility index (Phi) is 6.67. The standard InChI is InChI=1S/C20H32O/c1-7-15(2)9-8-10-16(3)11-12-19-17(4)13-18(21)14-20(19,5)6/h7-10,18,21H,11-14H2,1-6H3/b9-8+,15-7-,16-10+/t18-/m1/s1. The molecule has 0 aromatic carbocycles. The van der Waals surface area contributed by atoms with E-state index < -0.39 is 0 Å². The van der Waals surface area contributed by atoms with E-state index in [-0.39, 0.29) is 11.5 Å². The van der Waals surface area contributed by atoms with Crippen LogP contribution in [0.5, 0.6) is 0 Å². The van der Waals surface area contributed by atoms with E-state index >= 15 is 0 Å². The molecule has 0 unspecified atom stereocenters. The number of aliphatic hydroxyl groups is 1. The third-order valence-corrected chi connectivity index (χ3v) is 4.58. The molecule has 0 radical (unpaired) electrons. The lowest BCUT2D eigenvalue weighted by Gasteiger charge is -2.37. The fourth-order valence-electron chi connectivity index (χ4n) is 3.26. The van der Waals surface area contributed by atoms with Crippen molar-refractivity contribution < 1.29 is 5.11 Å². The van der Waals surface area contributed by atoms with Crippen LogP contribution < -0.4 is 0 Å². The summed E-state index contributed by atoms with van der Waals surface area (Å²) in [5.74, 6) is 0. The van der Waals surface area contributed by atoms with Crippen LogP contribution in [0.25, 0.3) is 0 Å². The van der Waals surface area contributed by atoms with Crippen molar-refractivity contribution in [2.45, 2.75) is 73.3 Å². The summed E-state index contributed by atoms with van der Waals surface area (Å²) in [4.78, 5) is 0. The molecule has 1 aliphatic rings. The first kappa shape index (κ1) is 18.0. The van der Waals surface area contributed by atoms with Crippen LogP contribution in [-0.4, -0.2) is 11.2 Å². The van der Waals surface area contributed by atoms with E-state index in [0.29, 0.717) is 0 Å². The molecule has 1 atom stereocenters. The van der Waals surface area contributed by atoms with E-state index in [1.165, 1.54) is 16.7 Å². The van der Waals surface area contributed by atoms with Crippen LogP contribution in [0.1, 0.15) is 67.2 Å². The topological polar surface area (TPSA) is 20.2 Å². The maximum atomic E-state index is 9.94. The second-order valence-electron chi connectivity index (χ2n) is 7.11. The van der Waals surface area contributed by atoms with Crippen LogP contribution in [-0.2, 0) is 0 Å². The molecule has 0 fully saturated rings. The number of allylic oxidation sites excluding steroid dienone is 7. The Morgan fingerprint density at radius 3 is 2.57 bits per heavy atom. The largest absolute Gasteiger partial charge is 0.393 e. The highest BCUT2D eigenvalue weighted by Crippen LogP contribution is 2.42. The fraction of sp³-hybridized carbons (Fsp3) is 0.600. The monoisotopic (exact) mass is 288 g/mol. The molecule has 21 heavy (non-hydrogen) atoms. The van der Waals surface area contributed by atoms with Gasteiger partial charge in [-0.05, 0) is 58.8 Å². The first-order valence-electron chi connectivity index (χ1n) is 8.10. The Balaban J connectivity index is 2.67. The van der Waals surface area contributed by atoms with Crippen molar-refractivity contribution in [2.24, 2.45) is 5.41 Å². The molecule has 1 aliphatic carbocycles. The van der Waals surface area contributed by atoms with E-state index in [9.17, 15) is 5.11 Å². The molecule has 0 amide bonds. The molecule has 0 aromatic heterocycles. The molecular weight excluding hydrogens is 256 g/mol. The number of hydrogen-bond acceptors (Lipinski definition) is 1. The predicted molar refractivity (Wildman–Crippen MR) is 93.3 cm³/mol. The quantitative estimate of drug-likeness (QED) is 0.506. The fourth-order valence-corrected chi connectivity index (χ4v) is 3.26. The van der Waals surface area contributed by atoms with Crippen LogP contribution in [0.4, 0.5) is 0 Å². The zero-order chi connectivity index (χ0) is 16.0. The first-order chi connectivity index (χ1) is 9.76. The van der Waals surface area contributed by atoms with Crippen molar-refractivity contribution in [3.63, 3.8) is 0 Å². The zero-order valence-electron chi connectivity index (χ0n) is 14.7. The number of rotatable bonds is 5. The van der Waals surface area contributed by atoms with E-state index in [1.807, 2.05) is 0 Å². The molecule has 0 saturated heterocycles. The Hall–Kier alpha value is -1.08. The van der Waals surface area contributed by atoms with Gasteiger partial charge in [0, 0.05) is 0 Å². The predicted octanol–water partition coefficient (Wildman–Crippen LogP) is 5.73. The van der Waals surface area contributed by atoms with Crippen molar-refractivity contribution in [1.82, 2.24) is 0 Å². The van der Waals surface area contributed by atoms with E-state index in [0.717, 1.165) is 25.7 Å². The Morgan fingerprint density at radius 2 is 2.00 bits per heavy atom. The van der Waals surface area contributed by atoms with Gasteiger partial charge in [-0.2, -0.15) is 0 Å². The maximum absolute atomic E-state index is 9.94. The summed E-state index contributed by atoms with van der Waals surface area (Å²) in [6.07, 6.45) is 12.4. The van der Waals surface area contributed by atoms with Crippen molar-refractivity contribution >= 4 is 0 Å². The molecule has 1 nitrogen and oxygen atoms in total.